The van der Waals surface area contributed by atoms with Crippen molar-refractivity contribution in [2.75, 3.05) is 11.9 Å². The third-order valence-electron chi connectivity index (χ3n) is 4.99. The number of rotatable bonds is 9. The second kappa shape index (κ2) is 9.83. The molecule has 1 N–H and O–H groups in total. The van der Waals surface area contributed by atoms with Gasteiger partial charge in [0.15, 0.2) is 17.4 Å². The van der Waals surface area contributed by atoms with Crippen LogP contribution in [0.2, 0.25) is 5.02 Å². The van der Waals surface area contributed by atoms with Crippen LogP contribution in [0.1, 0.15) is 26.7 Å². The Bertz CT molecular complexity index is 1350. The van der Waals surface area contributed by atoms with Crippen molar-refractivity contribution >= 4 is 39.8 Å². The maximum Gasteiger partial charge on any atom is 0.293 e. The molecule has 0 atom stereocenters. The van der Waals surface area contributed by atoms with Crippen molar-refractivity contribution in [2.45, 2.75) is 33.2 Å². The van der Waals surface area contributed by atoms with Gasteiger partial charge in [-0.25, -0.2) is 9.67 Å². The predicted molar refractivity (Wildman–Crippen MR) is 127 cm³/mol. The molecule has 0 saturated carbocycles. The van der Waals surface area contributed by atoms with Gasteiger partial charge in [0, 0.05) is 36.4 Å². The monoisotopic (exact) mass is 466 g/mol. The number of carbonyl (C=O) groups is 1. The van der Waals surface area contributed by atoms with Crippen LogP contribution in [0, 0.1) is 0 Å². The summed E-state index contributed by atoms with van der Waals surface area (Å²) < 4.78 is 8.76. The van der Waals surface area contributed by atoms with E-state index in [0.29, 0.717) is 35.4 Å². The van der Waals surface area contributed by atoms with Crippen molar-refractivity contribution in [2.24, 2.45) is 0 Å². The summed E-state index contributed by atoms with van der Waals surface area (Å²) in [5, 5.41) is 8.47. The molecule has 4 aromatic rings. The molecular weight excluding hydrogens is 444 g/mol. The average Bonchev–Trinajstić information content (AvgIpc) is 3.36. The summed E-state index contributed by atoms with van der Waals surface area (Å²) >= 11 is 6.31. The molecule has 0 saturated heterocycles. The number of ether oxygens (including phenoxy) is 1. The van der Waals surface area contributed by atoms with Crippen LogP contribution in [-0.4, -0.2) is 36.7 Å². The van der Waals surface area contributed by atoms with Gasteiger partial charge >= 0.3 is 0 Å². The maximum absolute atomic E-state index is 12.9. The highest BCUT2D eigenvalue weighted by Gasteiger charge is 2.13. The first kappa shape index (κ1) is 22.5. The molecule has 10 heteroatoms. The number of anilines is 2. The van der Waals surface area contributed by atoms with Crippen LogP contribution in [-0.2, 0) is 11.3 Å². The molecule has 33 heavy (non-hydrogen) atoms. The number of ketones is 1. The van der Waals surface area contributed by atoms with E-state index in [1.165, 1.54) is 10.9 Å². The number of hydrogen-bond donors (Lipinski definition) is 1. The molecule has 0 fully saturated rings. The van der Waals surface area contributed by atoms with Gasteiger partial charge in [-0.1, -0.05) is 25.4 Å². The number of pyridine rings is 1. The normalized spacial score (nSPS) is 11.0. The minimum atomic E-state index is -0.253. The number of aromatic nitrogens is 5. The van der Waals surface area contributed by atoms with Gasteiger partial charge in [0.05, 0.1) is 11.7 Å². The number of aryl methyl sites for hydroxylation is 1. The number of benzene rings is 1. The number of nitrogens with zero attached hydrogens (tertiary/aromatic N) is 5. The largest absolute Gasteiger partial charge is 0.480 e. The van der Waals surface area contributed by atoms with E-state index in [1.54, 1.807) is 36.0 Å². The van der Waals surface area contributed by atoms with E-state index in [9.17, 15) is 9.59 Å². The molecule has 3 heterocycles. The number of Topliss-reactive ketones (excluding diaryl/α,β-unsaturated/α-hetero) is 1. The number of fused-ring (bicyclic) bond motifs is 1. The molecule has 0 spiro atoms. The Kier molecular flexibility index (Phi) is 6.69. The summed E-state index contributed by atoms with van der Waals surface area (Å²) in [5.74, 6) is 0.874. The Morgan fingerprint density at radius 1 is 1.24 bits per heavy atom. The molecule has 9 nitrogen and oxygen atoms in total. The van der Waals surface area contributed by atoms with Crippen LogP contribution < -0.4 is 15.6 Å². The van der Waals surface area contributed by atoms with E-state index in [1.807, 2.05) is 25.1 Å². The van der Waals surface area contributed by atoms with Gasteiger partial charge in [0.2, 0.25) is 0 Å². The molecule has 0 unspecified atom stereocenters. The summed E-state index contributed by atoms with van der Waals surface area (Å²) in [6.45, 7) is 4.16. The third-order valence-corrected chi connectivity index (χ3v) is 5.27. The van der Waals surface area contributed by atoms with Crippen molar-refractivity contribution in [1.29, 1.82) is 0 Å². The van der Waals surface area contributed by atoms with Gasteiger partial charge in [-0.15, -0.1) is 0 Å². The summed E-state index contributed by atoms with van der Waals surface area (Å²) in [7, 11) is 0. The molecule has 1 aromatic carbocycles. The molecule has 4 rings (SSSR count). The number of hydrogen-bond acceptors (Lipinski definition) is 7. The zero-order chi connectivity index (χ0) is 23.4. The fourth-order valence-corrected chi connectivity index (χ4v) is 3.47. The first-order valence-electron chi connectivity index (χ1n) is 10.6. The summed E-state index contributed by atoms with van der Waals surface area (Å²) in [6, 6.07) is 9.02. The van der Waals surface area contributed by atoms with Gasteiger partial charge in [0.25, 0.3) is 11.5 Å². The summed E-state index contributed by atoms with van der Waals surface area (Å²) in [4.78, 5) is 33.3. The average molecular weight is 467 g/mol. The van der Waals surface area contributed by atoms with Crippen LogP contribution in [0.25, 0.3) is 16.9 Å². The van der Waals surface area contributed by atoms with Gasteiger partial charge in [-0.3, -0.25) is 9.59 Å². The lowest BCUT2D eigenvalue weighted by Crippen LogP contribution is -2.24. The zero-order valence-corrected chi connectivity index (χ0v) is 19.0. The van der Waals surface area contributed by atoms with E-state index in [4.69, 9.17) is 16.3 Å². The van der Waals surface area contributed by atoms with Crippen LogP contribution in [0.15, 0.2) is 53.7 Å². The van der Waals surface area contributed by atoms with Crippen LogP contribution >= 0.6 is 11.6 Å². The van der Waals surface area contributed by atoms with E-state index in [-0.39, 0.29) is 23.7 Å². The molecular formula is C23H23ClN6O3. The molecule has 3 aromatic heterocycles. The second-order valence-corrected chi connectivity index (χ2v) is 7.77. The van der Waals surface area contributed by atoms with E-state index in [0.717, 1.165) is 17.3 Å². The lowest BCUT2D eigenvalue weighted by molar-refractivity contribution is -0.120. The highest BCUT2D eigenvalue weighted by Crippen LogP contribution is 2.27. The molecule has 0 aliphatic heterocycles. The first-order valence-corrected chi connectivity index (χ1v) is 11.0. The molecule has 0 amide bonds. The smallest absolute Gasteiger partial charge is 0.293 e. The fourth-order valence-electron chi connectivity index (χ4n) is 3.33. The van der Waals surface area contributed by atoms with Crippen molar-refractivity contribution in [1.82, 2.24) is 24.3 Å². The third kappa shape index (κ3) is 4.88. The molecule has 0 radical (unpaired) electrons. The zero-order valence-electron chi connectivity index (χ0n) is 18.3. The molecule has 170 valence electrons. The fraction of sp³-hybridized carbons (Fsp3) is 0.261. The van der Waals surface area contributed by atoms with Gasteiger partial charge < -0.3 is 14.6 Å². The Labute approximate surface area is 195 Å². The minimum Gasteiger partial charge on any atom is -0.480 e. The lowest BCUT2D eigenvalue weighted by Gasteiger charge is -2.14. The Morgan fingerprint density at radius 3 is 2.82 bits per heavy atom. The Hall–Kier alpha value is -3.72. The summed E-state index contributed by atoms with van der Waals surface area (Å²) in [6.07, 6.45) is 6.01. The van der Waals surface area contributed by atoms with Crippen molar-refractivity contribution in [3.63, 3.8) is 0 Å². The molecule has 0 aliphatic rings. The quantitative estimate of drug-likeness (QED) is 0.395. The van der Waals surface area contributed by atoms with E-state index >= 15 is 0 Å². The van der Waals surface area contributed by atoms with Crippen molar-refractivity contribution in [3.8, 4) is 11.7 Å². The molecule has 0 bridgehead atoms. The van der Waals surface area contributed by atoms with Crippen molar-refractivity contribution < 1.29 is 9.53 Å². The Morgan fingerprint density at radius 2 is 2.09 bits per heavy atom. The minimum absolute atomic E-state index is 0.0710. The van der Waals surface area contributed by atoms with Gasteiger partial charge in [-0.05, 0) is 36.8 Å². The van der Waals surface area contributed by atoms with Crippen LogP contribution in [0.5, 0.6) is 5.75 Å². The Balaban J connectivity index is 1.71. The second-order valence-electron chi connectivity index (χ2n) is 7.36. The van der Waals surface area contributed by atoms with Crippen LogP contribution in [0.3, 0.4) is 0 Å². The number of carbonyl (C=O) groups excluding carboxylic acids is 1. The van der Waals surface area contributed by atoms with Gasteiger partial charge in [0.1, 0.15) is 11.6 Å². The van der Waals surface area contributed by atoms with Crippen LogP contribution in [0.4, 0.5) is 11.5 Å². The number of halogens is 1. The van der Waals surface area contributed by atoms with E-state index in [2.05, 4.69) is 20.4 Å². The number of nitrogens with one attached hydrogen (secondary N) is 1. The molecule has 0 aliphatic carbocycles. The summed E-state index contributed by atoms with van der Waals surface area (Å²) in [5.41, 5.74) is 1.23. The lowest BCUT2D eigenvalue weighted by atomic mass is 10.1. The maximum atomic E-state index is 12.9. The standard InChI is InChI=1S/C23H23ClN6O3/c1-3-9-29-19-7-6-16(11-15(19)12-20(22(29)32)33-14-17(31)4-2)27-21-18(24)13-25-23(28-21)30-10-5-8-26-30/h5-8,10-13H,3-4,9,14H2,1-2H3,(H,25,27,28). The highest BCUT2D eigenvalue weighted by atomic mass is 35.5. The first-order chi connectivity index (χ1) is 16.0. The topological polar surface area (TPSA) is 104 Å². The SMILES string of the molecule is CCCn1c(=O)c(OCC(=O)CC)cc2cc(Nc3nc(-n4cccn4)ncc3Cl)ccc21. The van der Waals surface area contributed by atoms with Gasteiger partial charge in [-0.2, -0.15) is 10.1 Å². The predicted octanol–water partition coefficient (Wildman–Crippen LogP) is 4.14. The van der Waals surface area contributed by atoms with E-state index < -0.39 is 0 Å². The highest BCUT2D eigenvalue weighted by molar-refractivity contribution is 6.32. The van der Waals surface area contributed by atoms with Crippen molar-refractivity contribution in [3.05, 3.63) is 64.3 Å².